The summed E-state index contributed by atoms with van der Waals surface area (Å²) in [5, 5.41) is 14.6. The lowest BCUT2D eigenvalue weighted by Gasteiger charge is -2.29. The van der Waals surface area contributed by atoms with Gasteiger partial charge >= 0.3 is 5.97 Å². The van der Waals surface area contributed by atoms with Crippen LogP contribution in [0.2, 0.25) is 0 Å². The molecule has 0 atom stereocenters. The SMILES string of the molecule is CN(C(C)(C)C(=O)O)S(=O)(=O)c1ccn[nH]1. The number of H-pyrrole nitrogens is 1. The van der Waals surface area contributed by atoms with Gasteiger partial charge in [-0.3, -0.25) is 9.89 Å². The van der Waals surface area contributed by atoms with Gasteiger partial charge in [-0.2, -0.15) is 9.40 Å². The van der Waals surface area contributed by atoms with Crippen LogP contribution in [0.3, 0.4) is 0 Å². The van der Waals surface area contributed by atoms with Gasteiger partial charge < -0.3 is 5.11 Å². The maximum atomic E-state index is 11.9. The molecule has 8 heteroatoms. The van der Waals surface area contributed by atoms with E-state index in [1.807, 2.05) is 0 Å². The summed E-state index contributed by atoms with van der Waals surface area (Å²) in [5.74, 6) is -1.22. The zero-order chi connectivity index (χ0) is 12.6. The van der Waals surface area contributed by atoms with Crippen LogP contribution < -0.4 is 0 Å². The molecule has 16 heavy (non-hydrogen) atoms. The minimum absolute atomic E-state index is 0.135. The number of nitrogens with one attached hydrogen (secondary N) is 1. The molecule has 0 aliphatic carbocycles. The Balaban J connectivity index is 3.17. The van der Waals surface area contributed by atoms with Crippen LogP contribution in [0.4, 0.5) is 0 Å². The van der Waals surface area contributed by atoms with Crippen molar-refractivity contribution in [1.82, 2.24) is 14.5 Å². The fourth-order valence-electron chi connectivity index (χ4n) is 0.969. The van der Waals surface area contributed by atoms with Crippen molar-refractivity contribution in [3.8, 4) is 0 Å². The van der Waals surface area contributed by atoms with Crippen LogP contribution in [0.1, 0.15) is 13.8 Å². The number of carboxylic acid groups (broad SMARTS) is 1. The number of carboxylic acids is 1. The summed E-state index contributed by atoms with van der Waals surface area (Å²) in [4.78, 5) is 10.9. The van der Waals surface area contributed by atoms with Gasteiger partial charge in [0, 0.05) is 7.05 Å². The molecule has 2 N–H and O–H groups in total. The summed E-state index contributed by atoms with van der Waals surface area (Å²) < 4.78 is 24.7. The number of sulfonamides is 1. The third kappa shape index (κ3) is 1.93. The molecule has 0 aromatic carbocycles. The highest BCUT2D eigenvalue weighted by molar-refractivity contribution is 7.89. The number of aliphatic carboxylic acids is 1. The molecule has 1 heterocycles. The van der Waals surface area contributed by atoms with Crippen LogP contribution in [0.5, 0.6) is 0 Å². The van der Waals surface area contributed by atoms with Crippen molar-refractivity contribution in [2.75, 3.05) is 7.05 Å². The van der Waals surface area contributed by atoms with Crippen molar-refractivity contribution >= 4 is 16.0 Å². The van der Waals surface area contributed by atoms with Gasteiger partial charge in [0.05, 0.1) is 6.20 Å². The van der Waals surface area contributed by atoms with E-state index in [0.717, 1.165) is 4.31 Å². The molecule has 0 amide bonds. The van der Waals surface area contributed by atoms with Crippen LogP contribution >= 0.6 is 0 Å². The molecule has 1 rings (SSSR count). The zero-order valence-electron chi connectivity index (χ0n) is 9.13. The predicted molar refractivity (Wildman–Crippen MR) is 55.3 cm³/mol. The van der Waals surface area contributed by atoms with Crippen molar-refractivity contribution in [2.45, 2.75) is 24.4 Å². The summed E-state index contributed by atoms with van der Waals surface area (Å²) in [7, 11) is -2.65. The maximum Gasteiger partial charge on any atom is 0.324 e. The highest BCUT2D eigenvalue weighted by Crippen LogP contribution is 2.21. The fourth-order valence-corrected chi connectivity index (χ4v) is 2.34. The van der Waals surface area contributed by atoms with E-state index >= 15 is 0 Å². The number of hydrogen-bond acceptors (Lipinski definition) is 4. The van der Waals surface area contributed by atoms with E-state index < -0.39 is 21.5 Å². The van der Waals surface area contributed by atoms with Crippen LogP contribution in [0.25, 0.3) is 0 Å². The molecule has 0 spiro atoms. The quantitative estimate of drug-likeness (QED) is 0.772. The molecule has 0 unspecified atom stereocenters. The molecule has 90 valence electrons. The Bertz CT molecular complexity index is 477. The number of aromatic amines is 1. The molecular formula is C8H13N3O4S. The number of aromatic nitrogens is 2. The van der Waals surface area contributed by atoms with E-state index in [-0.39, 0.29) is 5.03 Å². The number of hydrogen-bond donors (Lipinski definition) is 2. The van der Waals surface area contributed by atoms with Crippen molar-refractivity contribution in [3.05, 3.63) is 12.3 Å². The third-order valence-corrected chi connectivity index (χ3v) is 4.38. The summed E-state index contributed by atoms with van der Waals surface area (Å²) in [6, 6.07) is 1.27. The first-order valence-electron chi connectivity index (χ1n) is 4.42. The second kappa shape index (κ2) is 3.87. The van der Waals surface area contributed by atoms with Gasteiger partial charge in [0.2, 0.25) is 0 Å². The molecule has 0 radical (unpaired) electrons. The third-order valence-electron chi connectivity index (χ3n) is 2.42. The Kier molecular flexibility index (Phi) is 3.06. The minimum atomic E-state index is -3.86. The number of likely N-dealkylation sites (N-methyl/N-ethyl adjacent to an activating group) is 1. The highest BCUT2D eigenvalue weighted by atomic mass is 32.2. The van der Waals surface area contributed by atoms with Crippen LogP contribution in [-0.2, 0) is 14.8 Å². The first-order chi connectivity index (χ1) is 7.20. The summed E-state index contributed by atoms with van der Waals surface area (Å²) in [5.41, 5.74) is -1.52. The van der Waals surface area contributed by atoms with Crippen molar-refractivity contribution in [3.63, 3.8) is 0 Å². The Hall–Kier alpha value is -1.41. The predicted octanol–water partition coefficient (Wildman–Crippen LogP) is -0.107. The molecule has 0 bridgehead atoms. The Morgan fingerprint density at radius 3 is 2.50 bits per heavy atom. The van der Waals surface area contributed by atoms with Gasteiger partial charge in [-0.05, 0) is 19.9 Å². The molecule has 0 aliphatic rings. The van der Waals surface area contributed by atoms with Gasteiger partial charge in [-0.15, -0.1) is 0 Å². The average Bonchev–Trinajstić information content (AvgIpc) is 2.69. The lowest BCUT2D eigenvalue weighted by Crippen LogP contribution is -2.50. The normalized spacial score (nSPS) is 13.0. The fraction of sp³-hybridized carbons (Fsp3) is 0.500. The molecule has 0 fully saturated rings. The first kappa shape index (κ1) is 12.7. The van der Waals surface area contributed by atoms with Gasteiger partial charge in [-0.25, -0.2) is 8.42 Å². The Labute approximate surface area is 93.1 Å². The molecule has 0 aliphatic heterocycles. The number of rotatable bonds is 4. The minimum Gasteiger partial charge on any atom is -0.480 e. The van der Waals surface area contributed by atoms with Gasteiger partial charge in [0.25, 0.3) is 10.0 Å². The van der Waals surface area contributed by atoms with E-state index in [2.05, 4.69) is 10.2 Å². The second-order valence-corrected chi connectivity index (χ2v) is 5.70. The largest absolute Gasteiger partial charge is 0.480 e. The van der Waals surface area contributed by atoms with E-state index in [0.29, 0.717) is 0 Å². The standard InChI is InChI=1S/C8H13N3O4S/c1-8(2,7(12)13)11(3)16(14,15)6-4-5-9-10-6/h4-5H,1-3H3,(H,9,10)(H,12,13). The summed E-state index contributed by atoms with van der Waals surface area (Å²) >= 11 is 0. The van der Waals surface area contributed by atoms with Crippen LogP contribution in [0, 0.1) is 0 Å². The van der Waals surface area contributed by atoms with Crippen LogP contribution in [0.15, 0.2) is 17.3 Å². The monoisotopic (exact) mass is 247 g/mol. The van der Waals surface area contributed by atoms with Crippen LogP contribution in [-0.4, -0.2) is 46.6 Å². The van der Waals surface area contributed by atoms with Gasteiger partial charge in [-0.1, -0.05) is 0 Å². The van der Waals surface area contributed by atoms with E-state index in [1.54, 1.807) is 0 Å². The van der Waals surface area contributed by atoms with Crippen molar-refractivity contribution < 1.29 is 18.3 Å². The van der Waals surface area contributed by atoms with Crippen molar-refractivity contribution in [1.29, 1.82) is 0 Å². The molecule has 7 nitrogen and oxygen atoms in total. The molecule has 0 saturated heterocycles. The van der Waals surface area contributed by atoms with Crippen molar-refractivity contribution in [2.24, 2.45) is 0 Å². The molecule has 1 aromatic heterocycles. The van der Waals surface area contributed by atoms with Gasteiger partial charge in [0.15, 0.2) is 5.03 Å². The lowest BCUT2D eigenvalue weighted by atomic mass is 10.1. The topological polar surface area (TPSA) is 103 Å². The zero-order valence-corrected chi connectivity index (χ0v) is 9.95. The number of nitrogens with zero attached hydrogens (tertiary/aromatic N) is 2. The molecule has 0 saturated carbocycles. The number of carbonyl (C=O) groups is 1. The smallest absolute Gasteiger partial charge is 0.324 e. The highest BCUT2D eigenvalue weighted by Gasteiger charge is 2.40. The van der Waals surface area contributed by atoms with Gasteiger partial charge in [0.1, 0.15) is 5.54 Å². The Morgan fingerprint density at radius 1 is 1.56 bits per heavy atom. The first-order valence-corrected chi connectivity index (χ1v) is 5.86. The van der Waals surface area contributed by atoms with E-state index in [1.165, 1.54) is 33.2 Å². The Morgan fingerprint density at radius 2 is 2.12 bits per heavy atom. The molecule has 1 aromatic rings. The maximum absolute atomic E-state index is 11.9. The van der Waals surface area contributed by atoms with E-state index in [4.69, 9.17) is 5.11 Å². The summed E-state index contributed by atoms with van der Waals surface area (Å²) in [6.45, 7) is 2.62. The lowest BCUT2D eigenvalue weighted by molar-refractivity contribution is -0.145. The molecular weight excluding hydrogens is 234 g/mol. The summed E-state index contributed by atoms with van der Waals surface area (Å²) in [6.07, 6.45) is 1.29. The average molecular weight is 247 g/mol. The van der Waals surface area contributed by atoms with E-state index in [9.17, 15) is 13.2 Å². The second-order valence-electron chi connectivity index (χ2n) is 3.76.